The van der Waals surface area contributed by atoms with Crippen LogP contribution in [0.2, 0.25) is 0 Å². The van der Waals surface area contributed by atoms with E-state index in [2.05, 4.69) is 8.27 Å². The van der Waals surface area contributed by atoms with Crippen molar-refractivity contribution in [2.45, 2.75) is 11.3 Å². The van der Waals surface area contributed by atoms with Crippen molar-refractivity contribution in [2.75, 3.05) is 9.79 Å². The van der Waals surface area contributed by atoms with Crippen LogP contribution in [0.3, 0.4) is 0 Å². The summed E-state index contributed by atoms with van der Waals surface area (Å²) in [5.74, 6) is -0.588. The van der Waals surface area contributed by atoms with Gasteiger partial charge in [-0.1, -0.05) is 0 Å². The fourth-order valence-electron chi connectivity index (χ4n) is 1.02. The van der Waals surface area contributed by atoms with Gasteiger partial charge in [0.1, 0.15) is 0 Å². The number of sulfone groups is 1. The summed E-state index contributed by atoms with van der Waals surface area (Å²) in [6.45, 7) is 0. The maximum absolute atomic E-state index is 12.1. The number of hydrogen-bond acceptors (Lipinski definition) is 4. The Morgan fingerprint density at radius 2 is 1.94 bits per heavy atom. The van der Waals surface area contributed by atoms with Gasteiger partial charge in [-0.05, 0) is 12.1 Å². The summed E-state index contributed by atoms with van der Waals surface area (Å²) in [6, 6.07) is 3.22. The summed E-state index contributed by atoms with van der Waals surface area (Å²) in [5, 5.41) is 0. The Balaban J connectivity index is 3.25. The largest absolute Gasteiger partial charge is 0.573 e. The molecule has 1 aromatic carbocycles. The maximum atomic E-state index is 12.1. The lowest BCUT2D eigenvalue weighted by Gasteiger charge is -2.13. The summed E-state index contributed by atoms with van der Waals surface area (Å²) < 4.78 is 64.8. The molecule has 0 aromatic heterocycles. The zero-order chi connectivity index (χ0) is 13.3. The predicted octanol–water partition coefficient (Wildman–Crippen LogP) is 2.75. The lowest BCUT2D eigenvalue weighted by Crippen LogP contribution is -2.18. The highest BCUT2D eigenvalue weighted by atomic mass is 127. The molecule has 0 bridgehead atoms. The van der Waals surface area contributed by atoms with E-state index in [-0.39, 0.29) is 10.6 Å². The van der Waals surface area contributed by atoms with E-state index in [9.17, 15) is 21.6 Å². The molecule has 0 saturated carbocycles. The second-order valence-corrected chi connectivity index (χ2v) is 5.63. The van der Waals surface area contributed by atoms with Crippen molar-refractivity contribution < 1.29 is 26.3 Å². The summed E-state index contributed by atoms with van der Waals surface area (Å²) in [5.41, 5.74) is 0.0373. The SMILES string of the molecule is CS(=O)(=O)c1ccc(NI)c(OC(F)(F)F)c1. The van der Waals surface area contributed by atoms with Crippen LogP contribution in [-0.4, -0.2) is 21.0 Å². The Kier molecular flexibility index (Phi) is 4.12. The zero-order valence-corrected chi connectivity index (χ0v) is 11.4. The van der Waals surface area contributed by atoms with Crippen LogP contribution in [-0.2, 0) is 9.84 Å². The number of ether oxygens (including phenoxy) is 1. The second kappa shape index (κ2) is 4.88. The van der Waals surface area contributed by atoms with Crippen LogP contribution in [0.4, 0.5) is 18.9 Å². The van der Waals surface area contributed by atoms with Gasteiger partial charge in [-0.3, -0.25) is 0 Å². The van der Waals surface area contributed by atoms with Crippen LogP contribution in [0.5, 0.6) is 5.75 Å². The van der Waals surface area contributed by atoms with E-state index >= 15 is 0 Å². The fraction of sp³-hybridized carbons (Fsp3) is 0.250. The molecule has 17 heavy (non-hydrogen) atoms. The number of halogens is 4. The number of anilines is 1. The van der Waals surface area contributed by atoms with Crippen molar-refractivity contribution in [1.82, 2.24) is 0 Å². The summed E-state index contributed by atoms with van der Waals surface area (Å²) >= 11 is 1.62. The van der Waals surface area contributed by atoms with E-state index in [0.29, 0.717) is 0 Å². The molecular formula is C8H7F3INO3S. The van der Waals surface area contributed by atoms with Crippen LogP contribution in [0, 0.1) is 0 Å². The molecule has 9 heteroatoms. The standard InChI is InChI=1S/C8H7F3INO3S/c1-17(14,15)5-2-3-6(13-12)7(4-5)16-8(9,10)11/h2-4,13H,1H3. The Morgan fingerprint density at radius 1 is 1.35 bits per heavy atom. The molecule has 1 N–H and O–H groups in total. The van der Waals surface area contributed by atoms with E-state index in [1.807, 2.05) is 0 Å². The van der Waals surface area contributed by atoms with Crippen molar-refractivity contribution in [2.24, 2.45) is 0 Å². The molecule has 0 unspecified atom stereocenters. The molecule has 0 amide bonds. The third kappa shape index (κ3) is 4.22. The molecule has 0 saturated heterocycles. The molecule has 0 aliphatic carbocycles. The summed E-state index contributed by atoms with van der Waals surface area (Å²) in [7, 11) is -3.58. The van der Waals surface area contributed by atoms with Gasteiger partial charge in [0.05, 0.1) is 33.4 Å². The molecule has 1 aromatic rings. The van der Waals surface area contributed by atoms with E-state index in [0.717, 1.165) is 12.3 Å². The third-order valence-electron chi connectivity index (χ3n) is 1.71. The highest BCUT2D eigenvalue weighted by Gasteiger charge is 2.32. The number of nitrogens with one attached hydrogen (secondary N) is 1. The lowest BCUT2D eigenvalue weighted by molar-refractivity contribution is -0.274. The molecule has 0 atom stereocenters. The Bertz CT molecular complexity index is 515. The summed E-state index contributed by atoms with van der Waals surface area (Å²) in [4.78, 5) is -0.243. The Hall–Kier alpha value is -0.710. The van der Waals surface area contributed by atoms with E-state index < -0.39 is 21.9 Å². The number of hydrogen-bond donors (Lipinski definition) is 1. The number of rotatable bonds is 3. The van der Waals surface area contributed by atoms with Gasteiger partial charge in [0.25, 0.3) is 0 Å². The first-order valence-electron chi connectivity index (χ1n) is 4.10. The van der Waals surface area contributed by atoms with Gasteiger partial charge in [0, 0.05) is 12.3 Å². The normalized spacial score (nSPS) is 12.3. The minimum absolute atomic E-state index is 0.0373. The van der Waals surface area contributed by atoms with Crippen molar-refractivity contribution in [1.29, 1.82) is 0 Å². The van der Waals surface area contributed by atoms with E-state index in [4.69, 9.17) is 0 Å². The Labute approximate surface area is 110 Å². The maximum Gasteiger partial charge on any atom is 0.573 e. The molecule has 0 radical (unpaired) electrons. The van der Waals surface area contributed by atoms with Gasteiger partial charge in [-0.15, -0.1) is 13.2 Å². The van der Waals surface area contributed by atoms with Crippen molar-refractivity contribution in [3.8, 4) is 5.75 Å². The molecule has 0 heterocycles. The van der Waals surface area contributed by atoms with Crippen LogP contribution in [0.1, 0.15) is 0 Å². The van der Waals surface area contributed by atoms with Gasteiger partial charge in [0.2, 0.25) is 0 Å². The van der Waals surface area contributed by atoms with Crippen LogP contribution >= 0.6 is 22.9 Å². The molecule has 0 spiro atoms. The summed E-state index contributed by atoms with van der Waals surface area (Å²) in [6.07, 6.45) is -3.98. The van der Waals surface area contributed by atoms with Crippen LogP contribution < -0.4 is 8.27 Å². The van der Waals surface area contributed by atoms with Crippen molar-refractivity contribution in [3.63, 3.8) is 0 Å². The van der Waals surface area contributed by atoms with Gasteiger partial charge >= 0.3 is 6.36 Å². The molecule has 96 valence electrons. The minimum atomic E-state index is -4.88. The monoisotopic (exact) mass is 381 g/mol. The van der Waals surface area contributed by atoms with Gasteiger partial charge < -0.3 is 8.27 Å². The van der Waals surface area contributed by atoms with Gasteiger partial charge in [0.15, 0.2) is 15.6 Å². The van der Waals surface area contributed by atoms with Gasteiger partial charge in [-0.25, -0.2) is 8.42 Å². The zero-order valence-electron chi connectivity index (χ0n) is 8.38. The predicted molar refractivity (Wildman–Crippen MR) is 63.9 cm³/mol. The molecule has 0 fully saturated rings. The van der Waals surface area contributed by atoms with E-state index in [1.54, 1.807) is 22.9 Å². The topological polar surface area (TPSA) is 55.4 Å². The second-order valence-electron chi connectivity index (χ2n) is 3.07. The molecular weight excluding hydrogens is 374 g/mol. The van der Waals surface area contributed by atoms with E-state index in [1.165, 1.54) is 12.1 Å². The molecule has 4 nitrogen and oxygen atoms in total. The quantitative estimate of drug-likeness (QED) is 0.647. The Morgan fingerprint density at radius 3 is 2.35 bits per heavy atom. The third-order valence-corrected chi connectivity index (χ3v) is 3.40. The first kappa shape index (κ1) is 14.4. The highest BCUT2D eigenvalue weighted by molar-refractivity contribution is 14.1. The molecule has 0 aliphatic heterocycles. The molecule has 0 aliphatic rings. The fourth-order valence-corrected chi connectivity index (χ4v) is 2.10. The number of benzene rings is 1. The smallest absolute Gasteiger partial charge is 0.404 e. The van der Waals surface area contributed by atoms with Crippen LogP contribution in [0.25, 0.3) is 0 Å². The lowest BCUT2D eigenvalue weighted by atomic mass is 10.3. The highest BCUT2D eigenvalue weighted by Crippen LogP contribution is 2.33. The first-order chi connectivity index (χ1) is 7.63. The average Bonchev–Trinajstić information content (AvgIpc) is 2.13. The first-order valence-corrected chi connectivity index (χ1v) is 7.07. The number of alkyl halides is 3. The van der Waals surface area contributed by atoms with Crippen LogP contribution in [0.15, 0.2) is 23.1 Å². The molecule has 1 rings (SSSR count). The average molecular weight is 381 g/mol. The van der Waals surface area contributed by atoms with Gasteiger partial charge in [-0.2, -0.15) is 0 Å². The minimum Gasteiger partial charge on any atom is -0.404 e. The van der Waals surface area contributed by atoms with Crippen molar-refractivity contribution >= 4 is 38.4 Å². The van der Waals surface area contributed by atoms with Crippen molar-refractivity contribution in [3.05, 3.63) is 18.2 Å².